The Kier molecular flexibility index (Phi) is 4.88. The van der Waals surface area contributed by atoms with Crippen molar-refractivity contribution in [3.8, 4) is 0 Å². The van der Waals surface area contributed by atoms with Crippen molar-refractivity contribution in [2.75, 3.05) is 6.61 Å². The van der Waals surface area contributed by atoms with E-state index in [2.05, 4.69) is 34.6 Å². The highest BCUT2D eigenvalue weighted by Crippen LogP contribution is 2.62. The van der Waals surface area contributed by atoms with Gasteiger partial charge in [-0.05, 0) is 86.9 Å². The zero-order chi connectivity index (χ0) is 16.8. The Labute approximate surface area is 143 Å². The van der Waals surface area contributed by atoms with Gasteiger partial charge in [-0.25, -0.2) is 0 Å². The van der Waals surface area contributed by atoms with Gasteiger partial charge in [0.15, 0.2) is 0 Å². The second-order valence-electron chi connectivity index (χ2n) is 9.66. The molecule has 0 heterocycles. The Morgan fingerprint density at radius 2 is 1.65 bits per heavy atom. The molecular weight excluding hydrogens is 282 g/mol. The van der Waals surface area contributed by atoms with Crippen LogP contribution in [0.4, 0.5) is 0 Å². The summed E-state index contributed by atoms with van der Waals surface area (Å²) in [6.45, 7) is 12.5. The van der Waals surface area contributed by atoms with Crippen molar-refractivity contribution in [3.63, 3.8) is 0 Å². The van der Waals surface area contributed by atoms with E-state index >= 15 is 0 Å². The van der Waals surface area contributed by atoms with Gasteiger partial charge in [-0.2, -0.15) is 0 Å². The van der Waals surface area contributed by atoms with Gasteiger partial charge in [-0.3, -0.25) is 0 Å². The average molecular weight is 322 g/mol. The molecule has 0 bridgehead atoms. The van der Waals surface area contributed by atoms with Crippen molar-refractivity contribution in [2.45, 2.75) is 91.2 Å². The van der Waals surface area contributed by atoms with Crippen molar-refractivity contribution < 1.29 is 4.74 Å². The third-order valence-corrected chi connectivity index (χ3v) is 8.08. The Hall–Kier alpha value is -0.0800. The molecule has 3 aliphatic carbocycles. The molecule has 3 aliphatic rings. The molecule has 2 N–H and O–H groups in total. The van der Waals surface area contributed by atoms with Crippen LogP contribution in [-0.4, -0.2) is 18.2 Å². The van der Waals surface area contributed by atoms with Gasteiger partial charge in [0.05, 0.1) is 6.10 Å². The van der Waals surface area contributed by atoms with Crippen LogP contribution < -0.4 is 5.73 Å². The number of rotatable bonds is 5. The molecule has 0 aliphatic heterocycles. The summed E-state index contributed by atoms with van der Waals surface area (Å²) >= 11 is 0. The molecule has 23 heavy (non-hydrogen) atoms. The first-order valence-corrected chi connectivity index (χ1v) is 10.2. The molecule has 0 saturated heterocycles. The minimum Gasteiger partial charge on any atom is -0.378 e. The zero-order valence-corrected chi connectivity index (χ0v) is 16.1. The molecule has 2 nitrogen and oxygen atoms in total. The summed E-state index contributed by atoms with van der Waals surface area (Å²) in [5, 5.41) is 0. The quantitative estimate of drug-likeness (QED) is 0.772. The van der Waals surface area contributed by atoms with E-state index in [-0.39, 0.29) is 5.54 Å². The molecule has 3 rings (SSSR count). The van der Waals surface area contributed by atoms with Gasteiger partial charge in [-0.15, -0.1) is 0 Å². The predicted octanol–water partition coefficient (Wildman–Crippen LogP) is 5.01. The van der Waals surface area contributed by atoms with Crippen LogP contribution in [0.2, 0.25) is 0 Å². The number of hydrogen-bond acceptors (Lipinski definition) is 2. The largest absolute Gasteiger partial charge is 0.378 e. The van der Waals surface area contributed by atoms with Crippen LogP contribution >= 0.6 is 0 Å². The van der Waals surface area contributed by atoms with Gasteiger partial charge in [-0.1, -0.05) is 27.7 Å². The molecule has 3 fully saturated rings. The third kappa shape index (κ3) is 2.88. The van der Waals surface area contributed by atoms with E-state index in [0.717, 1.165) is 30.3 Å². The standard InChI is InChI=1S/C21H39NO/c1-6-23-19-11-18(14(2)3)20(19)9-7-16(8-10-20)17-12-21(22,13-17)15(4)5/h14-19H,6-13,22H2,1-5H3. The molecular formula is C21H39NO. The Morgan fingerprint density at radius 1 is 1.04 bits per heavy atom. The summed E-state index contributed by atoms with van der Waals surface area (Å²) in [6, 6.07) is 0. The van der Waals surface area contributed by atoms with E-state index < -0.39 is 0 Å². The molecule has 2 unspecified atom stereocenters. The number of hydrogen-bond donors (Lipinski definition) is 1. The highest BCUT2D eigenvalue weighted by atomic mass is 16.5. The van der Waals surface area contributed by atoms with E-state index in [1.165, 1.54) is 44.9 Å². The predicted molar refractivity (Wildman–Crippen MR) is 97.2 cm³/mol. The Bertz CT molecular complexity index is 402. The van der Waals surface area contributed by atoms with Gasteiger partial charge >= 0.3 is 0 Å². The summed E-state index contributed by atoms with van der Waals surface area (Å²) in [5.74, 6) is 4.18. The summed E-state index contributed by atoms with van der Waals surface area (Å²) in [7, 11) is 0. The SMILES string of the molecule is CCOC1CC(C(C)C)C12CCC(C1CC(N)(C(C)C)C1)CC2. The highest BCUT2D eigenvalue weighted by Gasteiger charge is 2.58. The van der Waals surface area contributed by atoms with Crippen molar-refractivity contribution in [3.05, 3.63) is 0 Å². The van der Waals surface area contributed by atoms with Crippen molar-refractivity contribution in [2.24, 2.45) is 40.7 Å². The molecule has 2 heteroatoms. The highest BCUT2D eigenvalue weighted by molar-refractivity contribution is 5.09. The summed E-state index contributed by atoms with van der Waals surface area (Å²) in [5.41, 5.74) is 7.20. The third-order valence-electron chi connectivity index (χ3n) is 8.08. The summed E-state index contributed by atoms with van der Waals surface area (Å²) in [6.07, 6.45) is 10.0. The van der Waals surface area contributed by atoms with Crippen molar-refractivity contribution >= 4 is 0 Å². The molecule has 3 saturated carbocycles. The molecule has 0 aromatic carbocycles. The minimum absolute atomic E-state index is 0.143. The van der Waals surface area contributed by atoms with E-state index in [4.69, 9.17) is 10.5 Å². The van der Waals surface area contributed by atoms with E-state index in [9.17, 15) is 0 Å². The molecule has 1 spiro atoms. The van der Waals surface area contributed by atoms with Crippen LogP contribution in [0.25, 0.3) is 0 Å². The van der Waals surface area contributed by atoms with Crippen LogP contribution in [0, 0.1) is 35.0 Å². The van der Waals surface area contributed by atoms with Gasteiger partial charge in [0, 0.05) is 12.1 Å². The summed E-state index contributed by atoms with van der Waals surface area (Å²) in [4.78, 5) is 0. The van der Waals surface area contributed by atoms with Gasteiger partial charge in [0.2, 0.25) is 0 Å². The van der Waals surface area contributed by atoms with E-state index in [1.807, 2.05) is 0 Å². The van der Waals surface area contributed by atoms with Gasteiger partial charge in [0.1, 0.15) is 0 Å². The van der Waals surface area contributed by atoms with Crippen LogP contribution in [0.5, 0.6) is 0 Å². The van der Waals surface area contributed by atoms with Crippen LogP contribution in [0.15, 0.2) is 0 Å². The van der Waals surface area contributed by atoms with Gasteiger partial charge in [0.25, 0.3) is 0 Å². The lowest BCUT2D eigenvalue weighted by Gasteiger charge is -2.61. The Balaban J connectivity index is 1.57. The van der Waals surface area contributed by atoms with Crippen LogP contribution in [0.1, 0.15) is 79.6 Å². The fraction of sp³-hybridized carbons (Fsp3) is 1.00. The lowest BCUT2D eigenvalue weighted by molar-refractivity contribution is -0.192. The number of nitrogens with two attached hydrogens (primary N) is 1. The maximum Gasteiger partial charge on any atom is 0.0636 e. The fourth-order valence-corrected chi connectivity index (χ4v) is 6.21. The zero-order valence-electron chi connectivity index (χ0n) is 16.1. The maximum atomic E-state index is 6.54. The molecule has 134 valence electrons. The molecule has 2 atom stereocenters. The van der Waals surface area contributed by atoms with Crippen molar-refractivity contribution in [1.82, 2.24) is 0 Å². The number of ether oxygens (including phenoxy) is 1. The first kappa shape index (κ1) is 17.7. The molecule has 0 radical (unpaired) electrons. The first-order chi connectivity index (χ1) is 10.8. The second-order valence-corrected chi connectivity index (χ2v) is 9.66. The maximum absolute atomic E-state index is 6.54. The van der Waals surface area contributed by atoms with E-state index in [0.29, 0.717) is 17.4 Å². The summed E-state index contributed by atoms with van der Waals surface area (Å²) < 4.78 is 6.13. The minimum atomic E-state index is 0.143. The second kappa shape index (κ2) is 6.33. The first-order valence-electron chi connectivity index (χ1n) is 10.2. The molecule has 0 aromatic rings. The Morgan fingerprint density at radius 3 is 2.13 bits per heavy atom. The lowest BCUT2D eigenvalue weighted by Crippen LogP contribution is -2.60. The average Bonchev–Trinajstić information content (AvgIpc) is 2.47. The van der Waals surface area contributed by atoms with Gasteiger partial charge < -0.3 is 10.5 Å². The normalized spacial score (nSPS) is 47.0. The monoisotopic (exact) mass is 321 g/mol. The van der Waals surface area contributed by atoms with Crippen molar-refractivity contribution in [1.29, 1.82) is 0 Å². The molecule has 0 aromatic heterocycles. The van der Waals surface area contributed by atoms with E-state index in [1.54, 1.807) is 0 Å². The lowest BCUT2D eigenvalue weighted by atomic mass is 9.46. The smallest absolute Gasteiger partial charge is 0.0636 e. The van der Waals surface area contributed by atoms with Crippen LogP contribution in [-0.2, 0) is 4.74 Å². The molecule has 0 amide bonds. The fourth-order valence-electron chi connectivity index (χ4n) is 6.21. The van der Waals surface area contributed by atoms with Crippen LogP contribution in [0.3, 0.4) is 0 Å². The topological polar surface area (TPSA) is 35.2 Å².